The minimum Gasteiger partial charge on any atom is -0.457 e. The van der Waals surface area contributed by atoms with Gasteiger partial charge < -0.3 is 20.7 Å². The number of nitrogens with zero attached hydrogens (tertiary/aromatic N) is 4. The molecule has 1 fully saturated rings. The lowest BCUT2D eigenvalue weighted by Gasteiger charge is -2.32. The van der Waals surface area contributed by atoms with Crippen LogP contribution in [-0.4, -0.2) is 40.4 Å². The van der Waals surface area contributed by atoms with E-state index in [0.717, 1.165) is 24.0 Å². The fourth-order valence-corrected chi connectivity index (χ4v) is 3.89. The number of piperidine rings is 1. The first-order chi connectivity index (χ1) is 17.0. The second-order valence-electron chi connectivity index (χ2n) is 8.05. The summed E-state index contributed by atoms with van der Waals surface area (Å²) in [4.78, 5) is 22.7. The number of ether oxygens (including phenoxy) is 1. The molecular formula is C27H30N6O2. The van der Waals surface area contributed by atoms with Gasteiger partial charge in [0, 0.05) is 19.6 Å². The van der Waals surface area contributed by atoms with Crippen molar-refractivity contribution < 1.29 is 9.53 Å². The van der Waals surface area contributed by atoms with E-state index in [-0.39, 0.29) is 11.5 Å². The predicted octanol–water partition coefficient (Wildman–Crippen LogP) is 4.48. The van der Waals surface area contributed by atoms with E-state index < -0.39 is 0 Å². The minimum absolute atomic E-state index is 0.191. The second kappa shape index (κ2) is 12.2. The van der Waals surface area contributed by atoms with Crippen molar-refractivity contribution in [2.75, 3.05) is 30.7 Å². The monoisotopic (exact) mass is 470 g/mol. The summed E-state index contributed by atoms with van der Waals surface area (Å²) in [5.74, 6) is 2.46. The number of anilines is 2. The lowest BCUT2D eigenvalue weighted by atomic mass is 9.96. The highest BCUT2D eigenvalue weighted by Crippen LogP contribution is 2.32. The van der Waals surface area contributed by atoms with Crippen LogP contribution in [-0.2, 0) is 4.79 Å². The van der Waals surface area contributed by atoms with Crippen molar-refractivity contribution in [3.05, 3.63) is 79.4 Å². The van der Waals surface area contributed by atoms with Gasteiger partial charge in [0.15, 0.2) is 0 Å². The smallest absolute Gasteiger partial charge is 0.264 e. The molecule has 1 amide bonds. The van der Waals surface area contributed by atoms with Crippen LogP contribution >= 0.6 is 0 Å². The summed E-state index contributed by atoms with van der Waals surface area (Å²) >= 11 is 0. The van der Waals surface area contributed by atoms with Crippen molar-refractivity contribution in [2.24, 2.45) is 5.92 Å². The van der Waals surface area contributed by atoms with Crippen molar-refractivity contribution in [1.82, 2.24) is 14.9 Å². The summed E-state index contributed by atoms with van der Waals surface area (Å²) in [6, 6.07) is 9.47. The maximum atomic E-state index is 12.4. The number of hydrogen-bond acceptors (Lipinski definition) is 7. The molecule has 35 heavy (non-hydrogen) atoms. The Morgan fingerprint density at radius 2 is 2.00 bits per heavy atom. The van der Waals surface area contributed by atoms with E-state index in [9.17, 15) is 4.79 Å². The van der Waals surface area contributed by atoms with Gasteiger partial charge in [0.25, 0.3) is 5.91 Å². The Kier molecular flexibility index (Phi) is 8.79. The molecule has 0 unspecified atom stereocenters. The summed E-state index contributed by atoms with van der Waals surface area (Å²) in [7, 11) is 0. The zero-order valence-corrected chi connectivity index (χ0v) is 19.9. The van der Waals surface area contributed by atoms with E-state index in [1.54, 1.807) is 36.1 Å². The molecule has 1 saturated heterocycles. The normalized spacial score (nSPS) is 14.7. The van der Waals surface area contributed by atoms with Gasteiger partial charge in [0.05, 0.1) is 5.56 Å². The van der Waals surface area contributed by atoms with Crippen molar-refractivity contribution >= 4 is 17.5 Å². The number of amides is 1. The number of nitrogen functional groups attached to an aromatic ring is 1. The average Bonchev–Trinajstić information content (AvgIpc) is 2.88. The van der Waals surface area contributed by atoms with Crippen LogP contribution < -0.4 is 15.8 Å². The number of carbonyl (C=O) groups excluding carboxylic acids is 1. The molecule has 0 aliphatic carbocycles. The third-order valence-corrected chi connectivity index (χ3v) is 5.84. The molecule has 3 rings (SSSR count). The molecule has 0 saturated carbocycles. The third kappa shape index (κ3) is 6.36. The fourth-order valence-electron chi connectivity index (χ4n) is 3.89. The number of allylic oxidation sites excluding steroid dienone is 4. The van der Waals surface area contributed by atoms with Gasteiger partial charge in [-0.3, -0.25) is 4.79 Å². The average molecular weight is 471 g/mol. The highest BCUT2D eigenvalue weighted by atomic mass is 16.5. The molecule has 2 aromatic rings. The highest BCUT2D eigenvalue weighted by Gasteiger charge is 2.25. The van der Waals surface area contributed by atoms with E-state index in [1.165, 1.54) is 6.33 Å². The zero-order valence-electron chi connectivity index (χ0n) is 19.9. The van der Waals surface area contributed by atoms with Crippen LogP contribution in [0.2, 0.25) is 0 Å². The Morgan fingerprint density at radius 1 is 1.29 bits per heavy atom. The number of hydrogen-bond donors (Lipinski definition) is 2. The SMILES string of the molecule is C=C/C=C(\C=C)Oc1ccc(-c2c(N)ncnc2NCC2CCN(C(=O)/C(C#N)=C\C)CC2)cc1. The van der Waals surface area contributed by atoms with E-state index in [1.807, 2.05) is 30.3 Å². The Labute approximate surface area is 206 Å². The third-order valence-electron chi connectivity index (χ3n) is 5.84. The van der Waals surface area contributed by atoms with Crippen LogP contribution in [0, 0.1) is 17.2 Å². The molecule has 1 aromatic carbocycles. The van der Waals surface area contributed by atoms with E-state index in [4.69, 9.17) is 15.7 Å². The molecule has 8 heteroatoms. The Hall–Kier alpha value is -4.38. The second-order valence-corrected chi connectivity index (χ2v) is 8.05. The molecule has 0 atom stereocenters. The molecule has 3 N–H and O–H groups in total. The lowest BCUT2D eigenvalue weighted by Crippen LogP contribution is -2.40. The number of aromatic nitrogens is 2. The summed E-state index contributed by atoms with van der Waals surface area (Å²) in [6.07, 6.45) is 9.67. The predicted molar refractivity (Wildman–Crippen MR) is 138 cm³/mol. The molecular weight excluding hydrogens is 440 g/mol. The minimum atomic E-state index is -0.195. The van der Waals surface area contributed by atoms with Gasteiger partial charge in [-0.15, -0.1) is 0 Å². The van der Waals surface area contributed by atoms with Gasteiger partial charge in [-0.25, -0.2) is 9.97 Å². The molecule has 0 spiro atoms. The number of carbonyl (C=O) groups is 1. The first kappa shape index (κ1) is 25.2. The van der Waals surface area contributed by atoms with Crippen LogP contribution in [0.25, 0.3) is 11.1 Å². The molecule has 1 aliphatic rings. The Balaban J connectivity index is 1.66. The van der Waals surface area contributed by atoms with Gasteiger partial charge in [-0.1, -0.05) is 37.4 Å². The van der Waals surface area contributed by atoms with Crippen LogP contribution in [0.3, 0.4) is 0 Å². The van der Waals surface area contributed by atoms with Crippen LogP contribution in [0.4, 0.5) is 11.6 Å². The van der Waals surface area contributed by atoms with Gasteiger partial charge in [0.1, 0.15) is 41.1 Å². The highest BCUT2D eigenvalue weighted by molar-refractivity contribution is 5.97. The largest absolute Gasteiger partial charge is 0.457 e. The van der Waals surface area contributed by atoms with Crippen molar-refractivity contribution in [1.29, 1.82) is 5.26 Å². The molecule has 2 heterocycles. The number of nitrogens with one attached hydrogen (secondary N) is 1. The van der Waals surface area contributed by atoms with Gasteiger partial charge in [0.2, 0.25) is 0 Å². The first-order valence-electron chi connectivity index (χ1n) is 11.4. The molecule has 1 aromatic heterocycles. The molecule has 0 radical (unpaired) electrons. The summed E-state index contributed by atoms with van der Waals surface area (Å²) in [5, 5.41) is 12.5. The van der Waals surface area contributed by atoms with E-state index >= 15 is 0 Å². The van der Waals surface area contributed by atoms with Gasteiger partial charge in [-0.05, 0) is 55.5 Å². The lowest BCUT2D eigenvalue weighted by molar-refractivity contribution is -0.128. The summed E-state index contributed by atoms with van der Waals surface area (Å²) in [5.41, 5.74) is 8.00. The summed E-state index contributed by atoms with van der Waals surface area (Å²) in [6.45, 7) is 11.0. The van der Waals surface area contributed by atoms with Crippen LogP contribution in [0.5, 0.6) is 5.75 Å². The Bertz CT molecular complexity index is 1170. The zero-order chi connectivity index (χ0) is 25.2. The van der Waals surface area contributed by atoms with Crippen LogP contribution in [0.15, 0.2) is 79.4 Å². The number of nitriles is 1. The van der Waals surface area contributed by atoms with E-state index in [0.29, 0.717) is 48.7 Å². The van der Waals surface area contributed by atoms with Gasteiger partial charge >= 0.3 is 0 Å². The van der Waals surface area contributed by atoms with E-state index in [2.05, 4.69) is 28.4 Å². The molecule has 8 nitrogen and oxygen atoms in total. The maximum Gasteiger partial charge on any atom is 0.264 e. The number of nitrogens with two attached hydrogens (primary N) is 1. The van der Waals surface area contributed by atoms with Crippen molar-refractivity contribution in [3.8, 4) is 22.9 Å². The first-order valence-corrected chi connectivity index (χ1v) is 11.4. The fraction of sp³-hybridized carbons (Fsp3) is 0.259. The topological polar surface area (TPSA) is 117 Å². The number of likely N-dealkylation sites (tertiary alicyclic amines) is 1. The number of benzene rings is 1. The van der Waals surface area contributed by atoms with Crippen LogP contribution in [0.1, 0.15) is 19.8 Å². The number of rotatable bonds is 9. The summed E-state index contributed by atoms with van der Waals surface area (Å²) < 4.78 is 5.78. The van der Waals surface area contributed by atoms with Crippen molar-refractivity contribution in [2.45, 2.75) is 19.8 Å². The van der Waals surface area contributed by atoms with Crippen molar-refractivity contribution in [3.63, 3.8) is 0 Å². The maximum absolute atomic E-state index is 12.4. The molecule has 1 aliphatic heterocycles. The standard InChI is InChI=1S/C27H30N6O2/c1-4-7-22(6-3)35-23-10-8-21(9-11-23)24-25(29)31-18-32-26(24)30-17-19-12-14-33(15-13-19)27(34)20(5-2)16-28/h4-11,18-19H,1,3,12-15,17H2,2H3,(H3,29,30,31,32)/b20-5-,22-7+. The molecule has 0 bridgehead atoms. The Morgan fingerprint density at radius 3 is 2.60 bits per heavy atom. The molecule has 180 valence electrons. The quantitative estimate of drug-likeness (QED) is 0.240. The van der Waals surface area contributed by atoms with Gasteiger partial charge in [-0.2, -0.15) is 5.26 Å².